The summed E-state index contributed by atoms with van der Waals surface area (Å²) in [6, 6.07) is 1.74. The van der Waals surface area contributed by atoms with Gasteiger partial charge in [0.25, 0.3) is 0 Å². The second-order valence-electron chi connectivity index (χ2n) is 2.35. The Kier molecular flexibility index (Phi) is 4.16. The third-order valence-corrected chi connectivity index (χ3v) is 1.97. The fourth-order valence-corrected chi connectivity index (χ4v) is 1.32. The molecule has 0 amide bonds. The molecule has 0 atom stereocenters. The third kappa shape index (κ3) is 3.16. The van der Waals surface area contributed by atoms with Crippen molar-refractivity contribution in [2.75, 3.05) is 7.11 Å². The monoisotopic (exact) mass is 279 g/mol. The molecule has 0 saturated carbocycles. The van der Waals surface area contributed by atoms with Crippen molar-refractivity contribution in [3.8, 4) is 5.88 Å². The number of nitrogens with zero attached hydrogens (tertiary/aromatic N) is 1. The minimum absolute atomic E-state index is 0.0396. The van der Waals surface area contributed by atoms with E-state index in [0.29, 0.717) is 11.4 Å². The molecule has 0 spiro atoms. The number of hydrogen-bond acceptors (Lipinski definition) is 4. The van der Waals surface area contributed by atoms with Gasteiger partial charge in [0.15, 0.2) is 0 Å². The van der Waals surface area contributed by atoms with Crippen molar-refractivity contribution in [2.45, 2.75) is 6.61 Å². The third-order valence-electron chi connectivity index (χ3n) is 1.43. The number of rotatable bonds is 3. The number of pyridine rings is 1. The Hall–Kier alpha value is -0.810. The first kappa shape index (κ1) is 11.3. The van der Waals surface area contributed by atoms with Gasteiger partial charge in [-0.15, -0.1) is 0 Å². The lowest BCUT2D eigenvalue weighted by molar-refractivity contribution is 0.165. The van der Waals surface area contributed by atoms with Crippen LogP contribution in [0.1, 0.15) is 5.56 Å². The summed E-state index contributed by atoms with van der Waals surface area (Å²) < 4.78 is 10.4. The van der Waals surface area contributed by atoms with Gasteiger partial charge in [-0.05, 0) is 22.0 Å². The second kappa shape index (κ2) is 5.17. The van der Waals surface area contributed by atoms with Crippen LogP contribution in [0.25, 0.3) is 0 Å². The summed E-state index contributed by atoms with van der Waals surface area (Å²) in [4.78, 5) is 14.3. The molecule has 4 nitrogen and oxygen atoms in total. The van der Waals surface area contributed by atoms with Crippen LogP contribution in [0.3, 0.4) is 0 Å². The Labute approximate surface area is 94.3 Å². The summed E-state index contributed by atoms with van der Waals surface area (Å²) in [5, 5.41) is 0. The molecule has 0 aliphatic heterocycles. The van der Waals surface area contributed by atoms with Gasteiger partial charge in [-0.3, -0.25) is 0 Å². The zero-order valence-electron chi connectivity index (χ0n) is 7.29. The number of carbonyl (C=O) groups excluding carboxylic acids is 1. The SMILES string of the molecule is COc1ncc(Br)cc1COC(=O)Cl. The van der Waals surface area contributed by atoms with Crippen LogP contribution in [0, 0.1) is 0 Å². The molecule has 0 fully saturated rings. The molecule has 6 heteroatoms. The van der Waals surface area contributed by atoms with Gasteiger partial charge in [-0.2, -0.15) is 0 Å². The van der Waals surface area contributed by atoms with E-state index in [-0.39, 0.29) is 6.61 Å². The minimum atomic E-state index is -0.855. The normalized spacial score (nSPS) is 9.64. The molecule has 1 rings (SSSR count). The van der Waals surface area contributed by atoms with Crippen molar-refractivity contribution in [1.29, 1.82) is 0 Å². The van der Waals surface area contributed by atoms with E-state index in [0.717, 1.165) is 4.47 Å². The minimum Gasteiger partial charge on any atom is -0.481 e. The summed E-state index contributed by atoms with van der Waals surface area (Å²) in [6.07, 6.45) is 1.59. The van der Waals surface area contributed by atoms with Crippen LogP contribution in [0.5, 0.6) is 5.88 Å². The Balaban J connectivity index is 2.82. The maximum atomic E-state index is 10.4. The van der Waals surface area contributed by atoms with E-state index in [9.17, 15) is 4.79 Å². The maximum Gasteiger partial charge on any atom is 0.404 e. The average molecular weight is 281 g/mol. The molecular weight excluding hydrogens is 273 g/mol. The molecule has 0 saturated heterocycles. The van der Waals surface area contributed by atoms with Crippen LogP contribution in [0.2, 0.25) is 0 Å². The lowest BCUT2D eigenvalue weighted by atomic mass is 10.3. The van der Waals surface area contributed by atoms with Crippen molar-refractivity contribution >= 4 is 33.0 Å². The van der Waals surface area contributed by atoms with Crippen LogP contribution < -0.4 is 4.74 Å². The summed E-state index contributed by atoms with van der Waals surface area (Å²) >= 11 is 8.27. The van der Waals surface area contributed by atoms with Crippen molar-refractivity contribution < 1.29 is 14.3 Å². The van der Waals surface area contributed by atoms with E-state index in [1.807, 2.05) is 0 Å². The van der Waals surface area contributed by atoms with Gasteiger partial charge in [0, 0.05) is 22.3 Å². The number of halogens is 2. The summed E-state index contributed by atoms with van der Waals surface area (Å²) in [5.74, 6) is 0.408. The molecule has 0 radical (unpaired) electrons. The molecule has 1 aromatic rings. The van der Waals surface area contributed by atoms with Gasteiger partial charge in [0.05, 0.1) is 12.7 Å². The molecule has 0 unspecified atom stereocenters. The zero-order chi connectivity index (χ0) is 10.6. The van der Waals surface area contributed by atoms with Gasteiger partial charge in [0.2, 0.25) is 5.88 Å². The Morgan fingerprint density at radius 1 is 1.71 bits per heavy atom. The van der Waals surface area contributed by atoms with Crippen LogP contribution in [0.4, 0.5) is 4.79 Å². The van der Waals surface area contributed by atoms with Crippen molar-refractivity contribution in [2.24, 2.45) is 0 Å². The lowest BCUT2D eigenvalue weighted by Crippen LogP contribution is -1.99. The fourth-order valence-electron chi connectivity index (χ4n) is 0.890. The van der Waals surface area contributed by atoms with Crippen molar-refractivity contribution in [1.82, 2.24) is 4.98 Å². The first-order chi connectivity index (χ1) is 6.63. The number of methoxy groups -OCH3 is 1. The lowest BCUT2D eigenvalue weighted by Gasteiger charge is -2.06. The standard InChI is InChI=1S/C8H7BrClNO3/c1-13-7-5(4-14-8(10)12)2-6(9)3-11-7/h2-3H,4H2,1H3. The molecule has 76 valence electrons. The molecule has 1 heterocycles. The Morgan fingerprint density at radius 3 is 3.00 bits per heavy atom. The highest BCUT2D eigenvalue weighted by atomic mass is 79.9. The second-order valence-corrected chi connectivity index (χ2v) is 3.57. The number of carbonyl (C=O) groups is 1. The van der Waals surface area contributed by atoms with E-state index in [4.69, 9.17) is 16.3 Å². The summed E-state index contributed by atoms with van der Waals surface area (Å²) in [7, 11) is 1.49. The number of ether oxygens (including phenoxy) is 2. The summed E-state index contributed by atoms with van der Waals surface area (Å²) in [5.41, 5.74) is -0.206. The van der Waals surface area contributed by atoms with E-state index >= 15 is 0 Å². The topological polar surface area (TPSA) is 48.4 Å². The molecule has 0 N–H and O–H groups in total. The molecule has 14 heavy (non-hydrogen) atoms. The number of hydrogen-bond donors (Lipinski definition) is 0. The highest BCUT2D eigenvalue weighted by molar-refractivity contribution is 9.10. The molecule has 0 aliphatic rings. The fraction of sp³-hybridized carbons (Fsp3) is 0.250. The van der Waals surface area contributed by atoms with Crippen LogP contribution in [-0.2, 0) is 11.3 Å². The van der Waals surface area contributed by atoms with Crippen LogP contribution in [0.15, 0.2) is 16.7 Å². The van der Waals surface area contributed by atoms with E-state index in [2.05, 4.69) is 25.7 Å². The highest BCUT2D eigenvalue weighted by Gasteiger charge is 2.07. The van der Waals surface area contributed by atoms with Gasteiger partial charge in [-0.25, -0.2) is 9.78 Å². The quantitative estimate of drug-likeness (QED) is 0.799. The molecule has 0 aliphatic carbocycles. The van der Waals surface area contributed by atoms with Crippen molar-refractivity contribution in [3.63, 3.8) is 0 Å². The smallest absolute Gasteiger partial charge is 0.404 e. The zero-order valence-corrected chi connectivity index (χ0v) is 9.63. The first-order valence-corrected chi connectivity index (χ1v) is 4.81. The van der Waals surface area contributed by atoms with Crippen LogP contribution in [-0.4, -0.2) is 17.5 Å². The van der Waals surface area contributed by atoms with E-state index < -0.39 is 5.43 Å². The average Bonchev–Trinajstić information content (AvgIpc) is 2.15. The number of aromatic nitrogens is 1. The molecule has 0 aromatic carbocycles. The highest BCUT2D eigenvalue weighted by Crippen LogP contribution is 2.20. The van der Waals surface area contributed by atoms with Crippen molar-refractivity contribution in [3.05, 3.63) is 22.3 Å². The Morgan fingerprint density at radius 2 is 2.43 bits per heavy atom. The van der Waals surface area contributed by atoms with Gasteiger partial charge in [-0.1, -0.05) is 0 Å². The predicted molar refractivity (Wildman–Crippen MR) is 54.5 cm³/mol. The molecule has 0 bridgehead atoms. The largest absolute Gasteiger partial charge is 0.481 e. The molecule has 1 aromatic heterocycles. The Bertz CT molecular complexity index is 345. The summed E-state index contributed by atoms with van der Waals surface area (Å²) in [6.45, 7) is 0.0396. The maximum absolute atomic E-state index is 10.4. The molecular formula is C8H7BrClNO3. The van der Waals surface area contributed by atoms with Gasteiger partial charge in [0.1, 0.15) is 6.61 Å². The predicted octanol–water partition coefficient (Wildman–Crippen LogP) is 2.73. The first-order valence-electron chi connectivity index (χ1n) is 3.64. The van der Waals surface area contributed by atoms with Gasteiger partial charge >= 0.3 is 5.43 Å². The van der Waals surface area contributed by atoms with E-state index in [1.54, 1.807) is 12.3 Å². The van der Waals surface area contributed by atoms with E-state index in [1.165, 1.54) is 7.11 Å². The van der Waals surface area contributed by atoms with Crippen LogP contribution >= 0.6 is 27.5 Å². The van der Waals surface area contributed by atoms with Gasteiger partial charge < -0.3 is 9.47 Å².